The van der Waals surface area contributed by atoms with Crippen molar-refractivity contribution in [2.45, 2.75) is 0 Å². The number of phenolic OH excluding ortho intramolecular Hbond substituents is 1. The third-order valence-corrected chi connectivity index (χ3v) is 3.56. The molecule has 0 saturated heterocycles. The smallest absolute Gasteiger partial charge is 0.262 e. The molecule has 0 aliphatic carbocycles. The number of benzene rings is 1. The first kappa shape index (κ1) is 14.1. The van der Waals surface area contributed by atoms with Gasteiger partial charge < -0.3 is 15.2 Å². The minimum Gasteiger partial charge on any atom is -0.504 e. The van der Waals surface area contributed by atoms with Gasteiger partial charge in [0.1, 0.15) is 9.88 Å². The van der Waals surface area contributed by atoms with Crippen LogP contribution in [0.4, 0.5) is 0 Å². The highest BCUT2D eigenvalue weighted by atomic mass is 32.1. The molecule has 1 aromatic heterocycles. The number of carbonyl (C=O) groups is 1. The van der Waals surface area contributed by atoms with Gasteiger partial charge in [0.25, 0.3) is 5.91 Å². The number of aromatic hydroxyl groups is 1. The summed E-state index contributed by atoms with van der Waals surface area (Å²) in [5.41, 5.74) is 0.872. The molecule has 6 heteroatoms. The van der Waals surface area contributed by atoms with Crippen LogP contribution in [0.2, 0.25) is 0 Å². The summed E-state index contributed by atoms with van der Waals surface area (Å²) in [5, 5.41) is 12.8. The van der Waals surface area contributed by atoms with Crippen molar-refractivity contribution < 1.29 is 14.6 Å². The number of amides is 1. The van der Waals surface area contributed by atoms with Crippen molar-refractivity contribution in [1.82, 2.24) is 10.3 Å². The monoisotopic (exact) mass is 290 g/mol. The Balaban J connectivity index is 2.17. The molecule has 0 unspecified atom stereocenters. The van der Waals surface area contributed by atoms with E-state index in [1.54, 1.807) is 31.4 Å². The van der Waals surface area contributed by atoms with Gasteiger partial charge in [0.15, 0.2) is 11.5 Å². The molecule has 2 N–H and O–H groups in total. The molecule has 104 valence electrons. The molecule has 5 nitrogen and oxygen atoms in total. The van der Waals surface area contributed by atoms with Crippen LogP contribution in [0.3, 0.4) is 0 Å². The molecule has 1 aromatic carbocycles. The van der Waals surface area contributed by atoms with Crippen LogP contribution in [-0.4, -0.2) is 30.2 Å². The number of phenols is 1. The lowest BCUT2D eigenvalue weighted by Gasteiger charge is -2.03. The van der Waals surface area contributed by atoms with Gasteiger partial charge in [-0.2, -0.15) is 0 Å². The van der Waals surface area contributed by atoms with E-state index >= 15 is 0 Å². The Morgan fingerprint density at radius 2 is 2.25 bits per heavy atom. The average Bonchev–Trinajstić information content (AvgIpc) is 2.94. The van der Waals surface area contributed by atoms with Gasteiger partial charge in [0, 0.05) is 7.05 Å². The minimum absolute atomic E-state index is 0.0980. The second kappa shape index (κ2) is 6.21. The van der Waals surface area contributed by atoms with E-state index in [0.29, 0.717) is 10.6 Å². The highest BCUT2D eigenvalue weighted by molar-refractivity contribution is 7.14. The number of aromatic nitrogens is 1. The zero-order chi connectivity index (χ0) is 14.5. The molecule has 2 aromatic rings. The van der Waals surface area contributed by atoms with Gasteiger partial charge in [0.05, 0.1) is 13.3 Å². The number of methoxy groups -OCH3 is 1. The van der Waals surface area contributed by atoms with Gasteiger partial charge in [-0.15, -0.1) is 11.3 Å². The standard InChI is InChI=1S/C14H14N2O3S/c1-15-14(18)12-8-16-13(20-12)6-4-9-3-5-10(17)11(7-9)19-2/h3-8,17H,1-2H3,(H,15,18)/b6-4-. The van der Waals surface area contributed by atoms with E-state index in [-0.39, 0.29) is 11.7 Å². The lowest BCUT2D eigenvalue weighted by atomic mass is 10.2. The Morgan fingerprint density at radius 3 is 2.95 bits per heavy atom. The molecular formula is C14H14N2O3S. The molecule has 2 rings (SSSR count). The topological polar surface area (TPSA) is 71.5 Å². The van der Waals surface area contributed by atoms with Gasteiger partial charge in [-0.25, -0.2) is 4.98 Å². The third kappa shape index (κ3) is 3.16. The van der Waals surface area contributed by atoms with Gasteiger partial charge >= 0.3 is 0 Å². The molecule has 1 heterocycles. The number of carbonyl (C=O) groups excluding carboxylic acids is 1. The normalized spacial score (nSPS) is 10.7. The third-order valence-electron chi connectivity index (χ3n) is 2.60. The van der Waals surface area contributed by atoms with E-state index in [4.69, 9.17) is 4.74 Å². The summed E-state index contributed by atoms with van der Waals surface area (Å²) >= 11 is 1.31. The molecule has 0 aliphatic rings. The van der Waals surface area contributed by atoms with Crippen molar-refractivity contribution in [2.24, 2.45) is 0 Å². The van der Waals surface area contributed by atoms with E-state index in [9.17, 15) is 9.90 Å². The van der Waals surface area contributed by atoms with Crippen molar-refractivity contribution in [3.05, 3.63) is 39.8 Å². The maximum atomic E-state index is 11.4. The van der Waals surface area contributed by atoms with Crippen LogP contribution < -0.4 is 10.1 Å². The van der Waals surface area contributed by atoms with E-state index in [1.807, 2.05) is 12.2 Å². The summed E-state index contributed by atoms with van der Waals surface area (Å²) in [4.78, 5) is 16.1. The minimum atomic E-state index is -0.145. The molecule has 0 saturated carbocycles. The van der Waals surface area contributed by atoms with Crippen LogP contribution in [0, 0.1) is 0 Å². The highest BCUT2D eigenvalue weighted by Gasteiger charge is 2.06. The molecule has 0 fully saturated rings. The van der Waals surface area contributed by atoms with Crippen molar-refractivity contribution in [3.8, 4) is 11.5 Å². The summed E-state index contributed by atoms with van der Waals surface area (Å²) in [6.45, 7) is 0. The fraction of sp³-hybridized carbons (Fsp3) is 0.143. The number of thiazole rings is 1. The Hall–Kier alpha value is -2.34. The van der Waals surface area contributed by atoms with Gasteiger partial charge in [-0.05, 0) is 23.8 Å². The lowest BCUT2D eigenvalue weighted by Crippen LogP contribution is -2.16. The predicted octanol–water partition coefficient (Wildman–Crippen LogP) is 2.39. The number of hydrogen-bond donors (Lipinski definition) is 2. The van der Waals surface area contributed by atoms with Gasteiger partial charge in [-0.1, -0.05) is 12.1 Å². The summed E-state index contributed by atoms with van der Waals surface area (Å²) in [7, 11) is 3.08. The lowest BCUT2D eigenvalue weighted by molar-refractivity contribution is 0.0967. The van der Waals surface area contributed by atoms with Crippen LogP contribution in [0.1, 0.15) is 20.2 Å². The first-order valence-electron chi connectivity index (χ1n) is 5.87. The van der Waals surface area contributed by atoms with Crippen molar-refractivity contribution >= 4 is 29.4 Å². The van der Waals surface area contributed by atoms with Crippen molar-refractivity contribution in [3.63, 3.8) is 0 Å². The highest BCUT2D eigenvalue weighted by Crippen LogP contribution is 2.27. The fourth-order valence-electron chi connectivity index (χ4n) is 1.56. The zero-order valence-electron chi connectivity index (χ0n) is 11.1. The SMILES string of the molecule is CNC(=O)c1cnc(/C=C\c2ccc(O)c(OC)c2)s1. The first-order valence-corrected chi connectivity index (χ1v) is 6.68. The van der Waals surface area contributed by atoms with Crippen molar-refractivity contribution in [2.75, 3.05) is 14.2 Å². The number of ether oxygens (including phenoxy) is 1. The summed E-state index contributed by atoms with van der Waals surface area (Å²) in [6, 6.07) is 5.05. The van der Waals surface area contributed by atoms with E-state index < -0.39 is 0 Å². The maximum Gasteiger partial charge on any atom is 0.262 e. The van der Waals surface area contributed by atoms with Crippen LogP contribution in [0.5, 0.6) is 11.5 Å². The number of rotatable bonds is 4. The largest absolute Gasteiger partial charge is 0.504 e. The molecular weight excluding hydrogens is 276 g/mol. The second-order valence-corrected chi connectivity index (χ2v) is 4.97. The Labute approximate surface area is 120 Å². The average molecular weight is 290 g/mol. The molecule has 1 amide bonds. The van der Waals surface area contributed by atoms with E-state index in [0.717, 1.165) is 10.6 Å². The van der Waals surface area contributed by atoms with Crippen LogP contribution >= 0.6 is 11.3 Å². The fourth-order valence-corrected chi connectivity index (χ4v) is 2.33. The first-order chi connectivity index (χ1) is 9.63. The maximum absolute atomic E-state index is 11.4. The van der Waals surface area contributed by atoms with E-state index in [2.05, 4.69) is 10.3 Å². The summed E-state index contributed by atoms with van der Waals surface area (Å²) < 4.78 is 5.04. The van der Waals surface area contributed by atoms with E-state index in [1.165, 1.54) is 18.4 Å². The molecule has 20 heavy (non-hydrogen) atoms. The Bertz CT molecular complexity index is 650. The molecule has 0 radical (unpaired) electrons. The molecule has 0 atom stereocenters. The number of nitrogens with one attached hydrogen (secondary N) is 1. The molecule has 0 bridgehead atoms. The summed E-state index contributed by atoms with van der Waals surface area (Å²) in [5.74, 6) is 0.367. The van der Waals surface area contributed by atoms with Gasteiger partial charge in [0.2, 0.25) is 0 Å². The Morgan fingerprint density at radius 1 is 1.45 bits per heavy atom. The molecule has 0 aliphatic heterocycles. The predicted molar refractivity (Wildman–Crippen MR) is 79.1 cm³/mol. The number of hydrogen-bond acceptors (Lipinski definition) is 5. The van der Waals surface area contributed by atoms with Crippen LogP contribution in [0.25, 0.3) is 12.2 Å². The second-order valence-electron chi connectivity index (χ2n) is 3.91. The zero-order valence-corrected chi connectivity index (χ0v) is 11.9. The van der Waals surface area contributed by atoms with Crippen LogP contribution in [0.15, 0.2) is 24.4 Å². The van der Waals surface area contributed by atoms with Crippen LogP contribution in [-0.2, 0) is 0 Å². The van der Waals surface area contributed by atoms with Crippen molar-refractivity contribution in [1.29, 1.82) is 0 Å². The number of nitrogens with zero attached hydrogens (tertiary/aromatic N) is 1. The Kier molecular flexibility index (Phi) is 4.37. The van der Waals surface area contributed by atoms with Gasteiger partial charge in [-0.3, -0.25) is 4.79 Å². The molecule has 0 spiro atoms. The summed E-state index contributed by atoms with van der Waals surface area (Å²) in [6.07, 6.45) is 5.19. The quantitative estimate of drug-likeness (QED) is 0.907.